The number of likely N-dealkylation sites (N-methyl/N-ethyl adjacent to an activating group) is 2. The fraction of sp³-hybridized carbons (Fsp3) is 0.900. The van der Waals surface area contributed by atoms with E-state index < -0.39 is 0 Å². The zero-order valence-electron chi connectivity index (χ0n) is 18.2. The molecule has 0 spiro atoms. The average Bonchev–Trinajstić information content (AvgIpc) is 2.67. The molecule has 1 atom stereocenters. The summed E-state index contributed by atoms with van der Waals surface area (Å²) in [6, 6.07) is 1.01. The largest absolute Gasteiger partial charge is 0.357 e. The fourth-order valence-electron chi connectivity index (χ4n) is 3.96. The second kappa shape index (κ2) is 13.6. The van der Waals surface area contributed by atoms with Crippen molar-refractivity contribution >= 4 is 35.8 Å². The molecule has 0 bridgehead atoms. The van der Waals surface area contributed by atoms with Gasteiger partial charge >= 0.3 is 0 Å². The predicted molar refractivity (Wildman–Crippen MR) is 128 cm³/mol. The SMILES string of the molecule is CCNC(=NCC1CCCCN1CC)NC1CCN(CC(=O)N(C)C)CC1.I. The van der Waals surface area contributed by atoms with Crippen molar-refractivity contribution in [1.29, 1.82) is 0 Å². The summed E-state index contributed by atoms with van der Waals surface area (Å²) in [6.45, 7) is 10.9. The molecule has 2 heterocycles. The summed E-state index contributed by atoms with van der Waals surface area (Å²) >= 11 is 0. The molecule has 0 aromatic carbocycles. The molecule has 0 aliphatic carbocycles. The molecule has 2 aliphatic rings. The van der Waals surface area contributed by atoms with Crippen molar-refractivity contribution in [3.05, 3.63) is 0 Å². The van der Waals surface area contributed by atoms with E-state index in [1.807, 2.05) is 14.1 Å². The molecule has 2 rings (SSSR count). The molecular formula is C20H41IN6O. The molecular weight excluding hydrogens is 467 g/mol. The van der Waals surface area contributed by atoms with Gasteiger partial charge in [-0.15, -0.1) is 24.0 Å². The van der Waals surface area contributed by atoms with Gasteiger partial charge in [0.05, 0.1) is 13.1 Å². The number of hydrogen-bond acceptors (Lipinski definition) is 4. The Balaban J connectivity index is 0.00000392. The van der Waals surface area contributed by atoms with Gasteiger partial charge in [0.2, 0.25) is 5.91 Å². The van der Waals surface area contributed by atoms with Gasteiger partial charge in [-0.05, 0) is 45.7 Å². The van der Waals surface area contributed by atoms with Crippen molar-refractivity contribution in [1.82, 2.24) is 25.3 Å². The summed E-state index contributed by atoms with van der Waals surface area (Å²) in [5, 5.41) is 7.03. The summed E-state index contributed by atoms with van der Waals surface area (Å²) in [5.41, 5.74) is 0. The lowest BCUT2D eigenvalue weighted by molar-refractivity contribution is -0.130. The van der Waals surface area contributed by atoms with Crippen molar-refractivity contribution < 1.29 is 4.79 Å². The van der Waals surface area contributed by atoms with E-state index in [4.69, 9.17) is 4.99 Å². The molecule has 2 aliphatic heterocycles. The number of hydrogen-bond donors (Lipinski definition) is 2. The Labute approximate surface area is 188 Å². The van der Waals surface area contributed by atoms with Gasteiger partial charge in [-0.2, -0.15) is 0 Å². The smallest absolute Gasteiger partial charge is 0.236 e. The monoisotopic (exact) mass is 508 g/mol. The molecule has 2 N–H and O–H groups in total. The van der Waals surface area contributed by atoms with E-state index >= 15 is 0 Å². The van der Waals surface area contributed by atoms with Gasteiger partial charge in [0.15, 0.2) is 5.96 Å². The maximum absolute atomic E-state index is 11.9. The van der Waals surface area contributed by atoms with Crippen LogP contribution in [0.5, 0.6) is 0 Å². The number of halogens is 1. The van der Waals surface area contributed by atoms with Crippen LogP contribution in [0.1, 0.15) is 46.0 Å². The van der Waals surface area contributed by atoms with Crippen molar-refractivity contribution in [2.75, 3.05) is 59.9 Å². The van der Waals surface area contributed by atoms with Crippen LogP contribution in [0.15, 0.2) is 4.99 Å². The number of carbonyl (C=O) groups excluding carboxylic acids is 1. The molecule has 0 aromatic rings. The van der Waals surface area contributed by atoms with E-state index in [1.54, 1.807) is 4.90 Å². The highest BCUT2D eigenvalue weighted by Gasteiger charge is 2.23. The lowest BCUT2D eigenvalue weighted by Crippen LogP contribution is -2.50. The van der Waals surface area contributed by atoms with Crippen LogP contribution in [0.3, 0.4) is 0 Å². The first-order valence-corrected chi connectivity index (χ1v) is 10.7. The first-order chi connectivity index (χ1) is 13.0. The van der Waals surface area contributed by atoms with Gasteiger partial charge in [0.25, 0.3) is 0 Å². The Morgan fingerprint density at radius 3 is 2.43 bits per heavy atom. The molecule has 164 valence electrons. The number of nitrogens with one attached hydrogen (secondary N) is 2. The van der Waals surface area contributed by atoms with Crippen molar-refractivity contribution in [3.63, 3.8) is 0 Å². The highest BCUT2D eigenvalue weighted by molar-refractivity contribution is 14.0. The predicted octanol–water partition coefficient (Wildman–Crippen LogP) is 1.59. The molecule has 1 unspecified atom stereocenters. The Morgan fingerprint density at radius 1 is 1.11 bits per heavy atom. The topological polar surface area (TPSA) is 63.2 Å². The second-order valence-electron chi connectivity index (χ2n) is 7.98. The van der Waals surface area contributed by atoms with E-state index in [0.717, 1.165) is 51.5 Å². The van der Waals surface area contributed by atoms with Crippen LogP contribution < -0.4 is 10.6 Å². The summed E-state index contributed by atoms with van der Waals surface area (Å²) in [7, 11) is 3.64. The molecule has 0 radical (unpaired) electrons. The van der Waals surface area contributed by atoms with E-state index in [9.17, 15) is 4.79 Å². The van der Waals surface area contributed by atoms with Crippen LogP contribution in [0.4, 0.5) is 0 Å². The third-order valence-electron chi connectivity index (χ3n) is 5.75. The molecule has 0 aromatic heterocycles. The van der Waals surface area contributed by atoms with E-state index in [1.165, 1.54) is 25.8 Å². The summed E-state index contributed by atoms with van der Waals surface area (Å²) in [5.74, 6) is 1.13. The van der Waals surface area contributed by atoms with Crippen molar-refractivity contribution in [3.8, 4) is 0 Å². The normalized spacial score (nSPS) is 22.4. The molecule has 0 saturated carbocycles. The van der Waals surface area contributed by atoms with E-state index in [-0.39, 0.29) is 29.9 Å². The average molecular weight is 508 g/mol. The standard InChI is InChI=1S/C20H40N6O.HI/c1-5-21-20(22-15-18-9-7-8-12-26(18)6-2)23-17-10-13-25(14-11-17)16-19(27)24(3)4;/h17-18H,5-16H2,1-4H3,(H2,21,22,23);1H. The maximum atomic E-state index is 11.9. The van der Waals surface area contributed by atoms with E-state index in [0.29, 0.717) is 18.6 Å². The number of rotatable bonds is 7. The zero-order valence-corrected chi connectivity index (χ0v) is 20.6. The van der Waals surface area contributed by atoms with Gasteiger partial charge in [0.1, 0.15) is 0 Å². The van der Waals surface area contributed by atoms with Crippen molar-refractivity contribution in [2.24, 2.45) is 4.99 Å². The van der Waals surface area contributed by atoms with Gasteiger partial charge in [-0.1, -0.05) is 13.3 Å². The van der Waals surface area contributed by atoms with Crippen LogP contribution in [0.2, 0.25) is 0 Å². The number of amides is 1. The Kier molecular flexibility index (Phi) is 12.3. The van der Waals surface area contributed by atoms with Crippen LogP contribution >= 0.6 is 24.0 Å². The summed E-state index contributed by atoms with van der Waals surface area (Å²) in [4.78, 5) is 23.3. The van der Waals surface area contributed by atoms with Gasteiger partial charge in [0, 0.05) is 45.8 Å². The Morgan fingerprint density at radius 2 is 1.82 bits per heavy atom. The Hall–Kier alpha value is -0.610. The first-order valence-electron chi connectivity index (χ1n) is 10.7. The molecule has 2 saturated heterocycles. The van der Waals surface area contributed by atoms with Gasteiger partial charge < -0.3 is 15.5 Å². The lowest BCUT2D eigenvalue weighted by atomic mass is 10.0. The lowest BCUT2D eigenvalue weighted by Gasteiger charge is -2.35. The minimum absolute atomic E-state index is 0. The Bertz CT molecular complexity index is 479. The number of likely N-dealkylation sites (tertiary alicyclic amines) is 2. The quantitative estimate of drug-likeness (QED) is 0.311. The molecule has 7 nitrogen and oxygen atoms in total. The number of aliphatic imine (C=N–C) groups is 1. The van der Waals surface area contributed by atoms with Crippen LogP contribution in [-0.4, -0.2) is 98.6 Å². The second-order valence-corrected chi connectivity index (χ2v) is 7.98. The van der Waals surface area contributed by atoms with Crippen LogP contribution in [0, 0.1) is 0 Å². The number of guanidine groups is 1. The fourth-order valence-corrected chi connectivity index (χ4v) is 3.96. The minimum Gasteiger partial charge on any atom is -0.357 e. The maximum Gasteiger partial charge on any atom is 0.236 e. The van der Waals surface area contributed by atoms with Gasteiger partial charge in [-0.3, -0.25) is 19.6 Å². The summed E-state index contributed by atoms with van der Waals surface area (Å²) in [6.07, 6.45) is 6.01. The number of carbonyl (C=O) groups is 1. The van der Waals surface area contributed by atoms with Crippen LogP contribution in [0.25, 0.3) is 0 Å². The molecule has 28 heavy (non-hydrogen) atoms. The van der Waals surface area contributed by atoms with Gasteiger partial charge in [-0.25, -0.2) is 0 Å². The van der Waals surface area contributed by atoms with Crippen LogP contribution in [-0.2, 0) is 4.79 Å². The molecule has 1 amide bonds. The highest BCUT2D eigenvalue weighted by atomic mass is 127. The molecule has 8 heteroatoms. The molecule has 2 fully saturated rings. The minimum atomic E-state index is 0. The van der Waals surface area contributed by atoms with Crippen molar-refractivity contribution in [2.45, 2.75) is 58.0 Å². The third kappa shape index (κ3) is 8.41. The zero-order chi connectivity index (χ0) is 19.6. The number of nitrogens with zero attached hydrogens (tertiary/aromatic N) is 4. The third-order valence-corrected chi connectivity index (χ3v) is 5.75. The number of piperidine rings is 2. The summed E-state index contributed by atoms with van der Waals surface area (Å²) < 4.78 is 0. The van der Waals surface area contributed by atoms with E-state index in [2.05, 4.69) is 34.3 Å². The highest BCUT2D eigenvalue weighted by Crippen LogP contribution is 2.17. The first kappa shape index (κ1) is 25.4.